The van der Waals surface area contributed by atoms with Gasteiger partial charge in [-0.2, -0.15) is 0 Å². The van der Waals surface area contributed by atoms with E-state index < -0.39 is 0 Å². The van der Waals surface area contributed by atoms with Crippen LogP contribution in [0.15, 0.2) is 72.8 Å². The monoisotopic (exact) mass is 359 g/mol. The van der Waals surface area contributed by atoms with Crippen LogP contribution in [-0.2, 0) is 0 Å². The zero-order chi connectivity index (χ0) is 18.8. The van der Waals surface area contributed by atoms with Gasteiger partial charge in [-0.1, -0.05) is 61.9 Å². The maximum atomic E-state index is 14.4. The molecule has 27 heavy (non-hydrogen) atoms. The Morgan fingerprint density at radius 2 is 1.70 bits per heavy atom. The van der Waals surface area contributed by atoms with Crippen LogP contribution in [0.1, 0.15) is 41.6 Å². The second-order valence-electron chi connectivity index (χ2n) is 7.15. The molecule has 0 aromatic heterocycles. The Bertz CT molecular complexity index is 950. The van der Waals surface area contributed by atoms with Gasteiger partial charge in [0.05, 0.1) is 5.69 Å². The minimum Gasteiger partial charge on any atom is -0.319 e. The SMILES string of the molecule is CC[C@H]1C[C@H]1c1ccc(NC(=O)c2ccc(-c3ccccc3)cc2)c(F)c1. The highest BCUT2D eigenvalue weighted by Gasteiger charge is 2.36. The van der Waals surface area contributed by atoms with Crippen molar-refractivity contribution in [1.82, 2.24) is 0 Å². The average molecular weight is 359 g/mol. The van der Waals surface area contributed by atoms with Crippen molar-refractivity contribution >= 4 is 11.6 Å². The molecule has 3 aromatic rings. The highest BCUT2D eigenvalue weighted by Crippen LogP contribution is 2.49. The molecule has 1 N–H and O–H groups in total. The van der Waals surface area contributed by atoms with Crippen LogP contribution in [0.4, 0.5) is 10.1 Å². The van der Waals surface area contributed by atoms with E-state index in [0.717, 1.165) is 29.5 Å². The van der Waals surface area contributed by atoms with Crippen molar-refractivity contribution in [3.63, 3.8) is 0 Å². The first kappa shape index (κ1) is 17.5. The summed E-state index contributed by atoms with van der Waals surface area (Å²) in [6.07, 6.45) is 2.26. The first-order valence-corrected chi connectivity index (χ1v) is 9.42. The van der Waals surface area contributed by atoms with Gasteiger partial charge in [-0.3, -0.25) is 4.79 Å². The van der Waals surface area contributed by atoms with Crippen LogP contribution in [-0.4, -0.2) is 5.91 Å². The largest absolute Gasteiger partial charge is 0.319 e. The van der Waals surface area contributed by atoms with Gasteiger partial charge in [0.1, 0.15) is 5.82 Å². The molecular weight excluding hydrogens is 337 g/mol. The fraction of sp³-hybridized carbons (Fsp3) is 0.208. The lowest BCUT2D eigenvalue weighted by atomic mass is 10.0. The Labute approximate surface area is 159 Å². The van der Waals surface area contributed by atoms with Gasteiger partial charge in [0, 0.05) is 5.56 Å². The van der Waals surface area contributed by atoms with Gasteiger partial charge in [-0.25, -0.2) is 4.39 Å². The van der Waals surface area contributed by atoms with Crippen molar-refractivity contribution in [2.75, 3.05) is 5.32 Å². The fourth-order valence-corrected chi connectivity index (χ4v) is 3.61. The normalized spacial score (nSPS) is 18.1. The number of hydrogen-bond acceptors (Lipinski definition) is 1. The smallest absolute Gasteiger partial charge is 0.255 e. The van der Waals surface area contributed by atoms with Crippen LogP contribution in [0.5, 0.6) is 0 Å². The molecule has 0 unspecified atom stereocenters. The van der Waals surface area contributed by atoms with E-state index in [0.29, 0.717) is 17.4 Å². The number of amides is 1. The summed E-state index contributed by atoms with van der Waals surface area (Å²) in [5, 5.41) is 2.68. The summed E-state index contributed by atoms with van der Waals surface area (Å²) in [4.78, 5) is 12.5. The van der Waals surface area contributed by atoms with E-state index >= 15 is 0 Å². The molecular formula is C24H22FNO. The zero-order valence-electron chi connectivity index (χ0n) is 15.3. The molecule has 0 radical (unpaired) electrons. The van der Waals surface area contributed by atoms with Crippen LogP contribution in [0, 0.1) is 11.7 Å². The molecule has 0 saturated heterocycles. The highest BCUT2D eigenvalue weighted by atomic mass is 19.1. The quantitative estimate of drug-likeness (QED) is 0.572. The molecule has 3 heteroatoms. The van der Waals surface area contributed by atoms with Crippen molar-refractivity contribution in [3.05, 3.63) is 89.7 Å². The third-order valence-electron chi connectivity index (χ3n) is 5.37. The highest BCUT2D eigenvalue weighted by molar-refractivity contribution is 6.04. The maximum absolute atomic E-state index is 14.4. The molecule has 0 heterocycles. The minimum absolute atomic E-state index is 0.226. The van der Waals surface area contributed by atoms with Gasteiger partial charge >= 0.3 is 0 Å². The van der Waals surface area contributed by atoms with Crippen LogP contribution >= 0.6 is 0 Å². The van der Waals surface area contributed by atoms with Crippen molar-refractivity contribution in [1.29, 1.82) is 0 Å². The first-order chi connectivity index (χ1) is 13.2. The maximum Gasteiger partial charge on any atom is 0.255 e. The number of benzene rings is 3. The van der Waals surface area contributed by atoms with E-state index in [4.69, 9.17) is 0 Å². The summed E-state index contributed by atoms with van der Waals surface area (Å²) in [6.45, 7) is 2.17. The Kier molecular flexibility index (Phi) is 4.76. The van der Waals surface area contributed by atoms with Crippen LogP contribution < -0.4 is 5.32 Å². The number of rotatable bonds is 5. The molecule has 2 nitrogen and oxygen atoms in total. The number of carbonyl (C=O) groups is 1. The predicted octanol–water partition coefficient (Wildman–Crippen LogP) is 6.26. The van der Waals surface area contributed by atoms with Gasteiger partial charge in [-0.15, -0.1) is 0 Å². The van der Waals surface area contributed by atoms with Gasteiger partial charge in [0.2, 0.25) is 0 Å². The second kappa shape index (κ2) is 7.36. The van der Waals surface area contributed by atoms with Crippen molar-refractivity contribution in [2.24, 2.45) is 5.92 Å². The lowest BCUT2D eigenvalue weighted by molar-refractivity contribution is 0.102. The molecule has 3 aromatic carbocycles. The van der Waals surface area contributed by atoms with E-state index in [1.54, 1.807) is 24.3 Å². The van der Waals surface area contributed by atoms with E-state index in [1.165, 1.54) is 0 Å². The third kappa shape index (κ3) is 3.77. The molecule has 1 fully saturated rings. The van der Waals surface area contributed by atoms with E-state index in [1.807, 2.05) is 48.5 Å². The van der Waals surface area contributed by atoms with Gasteiger partial charge in [0.15, 0.2) is 0 Å². The number of halogens is 1. The van der Waals surface area contributed by atoms with Gasteiger partial charge in [-0.05, 0) is 59.2 Å². The van der Waals surface area contributed by atoms with Crippen molar-refractivity contribution < 1.29 is 9.18 Å². The van der Waals surface area contributed by atoms with Crippen LogP contribution in [0.3, 0.4) is 0 Å². The summed E-state index contributed by atoms with van der Waals surface area (Å²) in [6, 6.07) is 22.5. The molecule has 0 spiro atoms. The molecule has 1 aliphatic carbocycles. The Morgan fingerprint density at radius 3 is 2.33 bits per heavy atom. The van der Waals surface area contributed by atoms with Crippen molar-refractivity contribution in [3.8, 4) is 11.1 Å². The van der Waals surface area contributed by atoms with E-state index in [9.17, 15) is 9.18 Å². The summed E-state index contributed by atoms with van der Waals surface area (Å²) >= 11 is 0. The molecule has 4 rings (SSSR count). The first-order valence-electron chi connectivity index (χ1n) is 9.42. The number of hydrogen-bond donors (Lipinski definition) is 1. The molecule has 0 aliphatic heterocycles. The predicted molar refractivity (Wildman–Crippen MR) is 107 cm³/mol. The van der Waals surface area contributed by atoms with E-state index in [2.05, 4.69) is 12.2 Å². The summed E-state index contributed by atoms with van der Waals surface area (Å²) in [5.41, 5.74) is 3.90. The Hall–Kier alpha value is -2.94. The second-order valence-corrected chi connectivity index (χ2v) is 7.15. The minimum atomic E-state index is -0.372. The van der Waals surface area contributed by atoms with Crippen molar-refractivity contribution in [2.45, 2.75) is 25.7 Å². The molecule has 1 aliphatic rings. The summed E-state index contributed by atoms with van der Waals surface area (Å²) < 4.78 is 14.4. The average Bonchev–Trinajstić information content (AvgIpc) is 3.50. The van der Waals surface area contributed by atoms with Crippen LogP contribution in [0.25, 0.3) is 11.1 Å². The topological polar surface area (TPSA) is 29.1 Å². The fourth-order valence-electron chi connectivity index (χ4n) is 3.61. The third-order valence-corrected chi connectivity index (χ3v) is 5.37. The number of nitrogens with one attached hydrogen (secondary N) is 1. The molecule has 1 amide bonds. The Morgan fingerprint density at radius 1 is 1.00 bits per heavy atom. The molecule has 0 bridgehead atoms. The number of carbonyl (C=O) groups excluding carboxylic acids is 1. The lowest BCUT2D eigenvalue weighted by Gasteiger charge is -2.09. The standard InChI is InChI=1S/C24H22FNO/c1-2-16-14-21(16)20-12-13-23(22(25)15-20)26-24(27)19-10-8-18(9-11-19)17-6-4-3-5-7-17/h3-13,15-16,21H,2,14H2,1H3,(H,26,27)/t16-,21+/m0/s1. The van der Waals surface area contributed by atoms with Gasteiger partial charge in [0.25, 0.3) is 5.91 Å². The zero-order valence-corrected chi connectivity index (χ0v) is 15.3. The van der Waals surface area contributed by atoms with E-state index in [-0.39, 0.29) is 17.4 Å². The number of anilines is 1. The van der Waals surface area contributed by atoms with Gasteiger partial charge < -0.3 is 5.32 Å². The lowest BCUT2D eigenvalue weighted by Crippen LogP contribution is -2.13. The molecule has 136 valence electrons. The molecule has 1 saturated carbocycles. The van der Waals surface area contributed by atoms with Crippen LogP contribution in [0.2, 0.25) is 0 Å². The summed E-state index contributed by atoms with van der Waals surface area (Å²) in [5.74, 6) is 0.468. The molecule has 2 atom stereocenters. The Balaban J connectivity index is 1.46. The summed E-state index contributed by atoms with van der Waals surface area (Å²) in [7, 11) is 0.